The van der Waals surface area contributed by atoms with Crippen LogP contribution >= 0.6 is 0 Å². The van der Waals surface area contributed by atoms with Crippen LogP contribution in [0.5, 0.6) is 5.75 Å². The van der Waals surface area contributed by atoms with Crippen molar-refractivity contribution in [2.75, 3.05) is 12.4 Å². The Morgan fingerprint density at radius 3 is 2.33 bits per heavy atom. The summed E-state index contributed by atoms with van der Waals surface area (Å²) in [7, 11) is 1.54. The van der Waals surface area contributed by atoms with E-state index in [-0.39, 0.29) is 5.78 Å². The van der Waals surface area contributed by atoms with Crippen molar-refractivity contribution in [2.24, 2.45) is 0 Å². The van der Waals surface area contributed by atoms with Crippen molar-refractivity contribution in [1.29, 1.82) is 0 Å². The van der Waals surface area contributed by atoms with Crippen LogP contribution in [0.3, 0.4) is 0 Å². The van der Waals surface area contributed by atoms with E-state index in [1.165, 1.54) is 19.9 Å². The van der Waals surface area contributed by atoms with E-state index < -0.39 is 18.0 Å². The first kappa shape index (κ1) is 19.9. The van der Waals surface area contributed by atoms with Crippen molar-refractivity contribution in [3.8, 4) is 5.75 Å². The molecule has 0 unspecified atom stereocenters. The van der Waals surface area contributed by atoms with E-state index in [4.69, 9.17) is 9.47 Å². The van der Waals surface area contributed by atoms with Gasteiger partial charge in [0, 0.05) is 22.9 Å². The minimum absolute atomic E-state index is 0.0583. The Hall–Kier alpha value is -3.41. The monoisotopic (exact) mass is 367 g/mol. The van der Waals surface area contributed by atoms with Gasteiger partial charge in [0.2, 0.25) is 0 Å². The summed E-state index contributed by atoms with van der Waals surface area (Å²) in [6, 6.07) is 13.7. The fourth-order valence-electron chi connectivity index (χ4n) is 2.26. The highest BCUT2D eigenvalue weighted by molar-refractivity contribution is 5.98. The molecule has 0 aromatic heterocycles. The fraction of sp³-hybridized carbons (Fsp3) is 0.190. The first-order valence-electron chi connectivity index (χ1n) is 8.34. The van der Waals surface area contributed by atoms with Gasteiger partial charge in [-0.25, -0.2) is 4.79 Å². The summed E-state index contributed by atoms with van der Waals surface area (Å²) in [4.78, 5) is 35.3. The van der Waals surface area contributed by atoms with E-state index in [0.29, 0.717) is 17.0 Å². The topological polar surface area (TPSA) is 81.7 Å². The summed E-state index contributed by atoms with van der Waals surface area (Å²) < 4.78 is 10.3. The van der Waals surface area contributed by atoms with Gasteiger partial charge in [-0.05, 0) is 50.3 Å². The number of carbonyl (C=O) groups is 3. The second kappa shape index (κ2) is 9.33. The molecule has 6 heteroatoms. The molecule has 0 bridgehead atoms. The average Bonchev–Trinajstić information content (AvgIpc) is 2.66. The van der Waals surface area contributed by atoms with Gasteiger partial charge in [-0.15, -0.1) is 0 Å². The van der Waals surface area contributed by atoms with Crippen LogP contribution in [0.15, 0.2) is 54.6 Å². The van der Waals surface area contributed by atoms with Gasteiger partial charge in [-0.3, -0.25) is 9.59 Å². The second-order valence-electron chi connectivity index (χ2n) is 5.78. The zero-order valence-corrected chi connectivity index (χ0v) is 15.4. The minimum atomic E-state index is -0.979. The number of hydrogen-bond donors (Lipinski definition) is 1. The van der Waals surface area contributed by atoms with Crippen molar-refractivity contribution >= 4 is 29.4 Å². The van der Waals surface area contributed by atoms with Crippen LogP contribution < -0.4 is 10.1 Å². The Kier molecular flexibility index (Phi) is 6.88. The largest absolute Gasteiger partial charge is 0.496 e. The van der Waals surface area contributed by atoms with Crippen LogP contribution in [0.4, 0.5) is 5.69 Å². The van der Waals surface area contributed by atoms with Crippen LogP contribution in [-0.4, -0.2) is 30.9 Å². The number of rotatable bonds is 7. The fourth-order valence-corrected chi connectivity index (χ4v) is 2.26. The number of hydrogen-bond acceptors (Lipinski definition) is 5. The molecule has 0 aliphatic heterocycles. The smallest absolute Gasteiger partial charge is 0.331 e. The second-order valence-corrected chi connectivity index (χ2v) is 5.78. The molecule has 0 aliphatic carbocycles. The SMILES string of the molecule is COc1ccccc1/C=C/C(=O)O[C@@H](C)C(=O)Nc1ccc(C(C)=O)cc1. The third kappa shape index (κ3) is 5.81. The van der Waals surface area contributed by atoms with Crippen molar-refractivity contribution in [3.05, 3.63) is 65.7 Å². The Bertz CT molecular complexity index is 855. The number of ketones is 1. The molecule has 0 spiro atoms. The van der Waals surface area contributed by atoms with Gasteiger partial charge in [0.05, 0.1) is 7.11 Å². The van der Waals surface area contributed by atoms with Gasteiger partial charge in [0.1, 0.15) is 5.75 Å². The van der Waals surface area contributed by atoms with E-state index in [9.17, 15) is 14.4 Å². The van der Waals surface area contributed by atoms with Crippen molar-refractivity contribution in [3.63, 3.8) is 0 Å². The molecule has 0 radical (unpaired) electrons. The summed E-state index contributed by atoms with van der Waals surface area (Å²) in [5.41, 5.74) is 1.78. The number of para-hydroxylation sites is 1. The molecule has 2 rings (SSSR count). The molecule has 0 saturated carbocycles. The summed E-state index contributed by atoms with van der Waals surface area (Å²) in [6.07, 6.45) is 1.82. The molecule has 0 fully saturated rings. The molecule has 27 heavy (non-hydrogen) atoms. The Labute approximate surface area is 157 Å². The van der Waals surface area contributed by atoms with Gasteiger partial charge in [0.15, 0.2) is 11.9 Å². The van der Waals surface area contributed by atoms with Crippen LogP contribution in [0, 0.1) is 0 Å². The Balaban J connectivity index is 1.92. The molecule has 140 valence electrons. The minimum Gasteiger partial charge on any atom is -0.496 e. The number of Topliss-reactive ketones (excluding diaryl/α,β-unsaturated/α-hetero) is 1. The molecular formula is C21H21NO5. The average molecular weight is 367 g/mol. The number of nitrogens with one attached hydrogen (secondary N) is 1. The lowest BCUT2D eigenvalue weighted by atomic mass is 10.1. The highest BCUT2D eigenvalue weighted by Crippen LogP contribution is 2.18. The van der Waals surface area contributed by atoms with E-state index >= 15 is 0 Å². The summed E-state index contributed by atoms with van der Waals surface area (Å²) in [6.45, 7) is 2.95. The van der Waals surface area contributed by atoms with E-state index in [2.05, 4.69) is 5.32 Å². The first-order valence-corrected chi connectivity index (χ1v) is 8.34. The lowest BCUT2D eigenvalue weighted by molar-refractivity contribution is -0.148. The number of ether oxygens (including phenoxy) is 2. The molecule has 0 aliphatic rings. The molecule has 0 saturated heterocycles. The number of amides is 1. The van der Waals surface area contributed by atoms with Gasteiger partial charge >= 0.3 is 5.97 Å². The van der Waals surface area contributed by atoms with Crippen LogP contribution in [-0.2, 0) is 14.3 Å². The standard InChI is InChI=1S/C21H21NO5/c1-14(23)16-8-11-18(12-9-16)22-21(25)15(2)27-20(24)13-10-17-6-4-5-7-19(17)26-3/h4-13,15H,1-3H3,(H,22,25)/b13-10+/t15-/m0/s1. The maximum absolute atomic E-state index is 12.1. The van der Waals surface area contributed by atoms with Gasteiger partial charge in [-0.1, -0.05) is 18.2 Å². The number of anilines is 1. The normalized spacial score (nSPS) is 11.7. The Morgan fingerprint density at radius 2 is 1.70 bits per heavy atom. The molecule has 2 aromatic rings. The van der Waals surface area contributed by atoms with Crippen LogP contribution in [0.2, 0.25) is 0 Å². The molecule has 1 N–H and O–H groups in total. The van der Waals surface area contributed by atoms with Crippen molar-refractivity contribution < 1.29 is 23.9 Å². The van der Waals surface area contributed by atoms with Gasteiger partial charge in [0.25, 0.3) is 5.91 Å². The number of carbonyl (C=O) groups excluding carboxylic acids is 3. The quantitative estimate of drug-likeness (QED) is 0.460. The first-order chi connectivity index (χ1) is 12.9. The predicted molar refractivity (Wildman–Crippen MR) is 103 cm³/mol. The van der Waals surface area contributed by atoms with Crippen LogP contribution in [0.1, 0.15) is 29.8 Å². The highest BCUT2D eigenvalue weighted by atomic mass is 16.5. The van der Waals surface area contributed by atoms with E-state index in [1.807, 2.05) is 12.1 Å². The molecular weight excluding hydrogens is 346 g/mol. The summed E-state index contributed by atoms with van der Waals surface area (Å²) in [5, 5.41) is 2.63. The van der Waals surface area contributed by atoms with Crippen LogP contribution in [0.25, 0.3) is 6.08 Å². The maximum atomic E-state index is 12.1. The molecule has 6 nitrogen and oxygen atoms in total. The van der Waals surface area contributed by atoms with E-state index in [0.717, 1.165) is 5.56 Å². The number of esters is 1. The molecule has 2 aromatic carbocycles. The molecule has 1 atom stereocenters. The lowest BCUT2D eigenvalue weighted by Crippen LogP contribution is -2.29. The molecule has 1 amide bonds. The van der Waals surface area contributed by atoms with Gasteiger partial charge < -0.3 is 14.8 Å². The Morgan fingerprint density at radius 1 is 1.04 bits per heavy atom. The number of benzene rings is 2. The van der Waals surface area contributed by atoms with Crippen molar-refractivity contribution in [1.82, 2.24) is 0 Å². The van der Waals surface area contributed by atoms with Crippen molar-refractivity contribution in [2.45, 2.75) is 20.0 Å². The predicted octanol–water partition coefficient (Wildman–Crippen LogP) is 3.48. The number of methoxy groups -OCH3 is 1. The zero-order valence-electron chi connectivity index (χ0n) is 15.4. The summed E-state index contributed by atoms with van der Waals surface area (Å²) >= 11 is 0. The summed E-state index contributed by atoms with van der Waals surface area (Å²) in [5.74, 6) is -0.543. The third-order valence-corrected chi connectivity index (χ3v) is 3.76. The highest BCUT2D eigenvalue weighted by Gasteiger charge is 2.16. The maximum Gasteiger partial charge on any atom is 0.331 e. The lowest BCUT2D eigenvalue weighted by Gasteiger charge is -2.12. The zero-order chi connectivity index (χ0) is 19.8. The van der Waals surface area contributed by atoms with Gasteiger partial charge in [-0.2, -0.15) is 0 Å². The van der Waals surface area contributed by atoms with E-state index in [1.54, 1.807) is 49.6 Å². The third-order valence-electron chi connectivity index (χ3n) is 3.76. The molecule has 0 heterocycles.